The number of carbonyl (C=O) groups excluding carboxylic acids is 2. The lowest BCUT2D eigenvalue weighted by Gasteiger charge is -2.23. The first kappa shape index (κ1) is 19.0. The molecule has 0 N–H and O–H groups in total. The SMILES string of the molecule is COC(=O)c1ccccc1N(CC(=O)c1ccccc1Cl)S(C)(=O)=O. The maximum atomic E-state index is 12.5. The van der Waals surface area contributed by atoms with Crippen LogP contribution >= 0.6 is 11.6 Å². The highest BCUT2D eigenvalue weighted by atomic mass is 35.5. The van der Waals surface area contributed by atoms with Crippen LogP contribution in [0.15, 0.2) is 48.5 Å². The Morgan fingerprint density at radius 1 is 1.04 bits per heavy atom. The Balaban J connectivity index is 2.48. The number of esters is 1. The molecule has 0 saturated heterocycles. The summed E-state index contributed by atoms with van der Waals surface area (Å²) in [4.78, 5) is 24.5. The van der Waals surface area contributed by atoms with Crippen molar-refractivity contribution in [2.45, 2.75) is 0 Å². The average molecular weight is 382 g/mol. The van der Waals surface area contributed by atoms with Gasteiger partial charge in [0.1, 0.15) is 0 Å². The number of hydrogen-bond donors (Lipinski definition) is 0. The molecule has 0 spiro atoms. The van der Waals surface area contributed by atoms with Gasteiger partial charge < -0.3 is 4.74 Å². The molecule has 0 unspecified atom stereocenters. The van der Waals surface area contributed by atoms with E-state index in [9.17, 15) is 18.0 Å². The molecular weight excluding hydrogens is 366 g/mol. The molecule has 0 aliphatic carbocycles. The Morgan fingerprint density at radius 3 is 2.16 bits per heavy atom. The third kappa shape index (κ3) is 4.37. The van der Waals surface area contributed by atoms with Crippen molar-refractivity contribution in [3.05, 3.63) is 64.7 Å². The molecular formula is C17H16ClNO5S. The molecule has 6 nitrogen and oxygen atoms in total. The van der Waals surface area contributed by atoms with Gasteiger partial charge in [-0.15, -0.1) is 0 Å². The minimum absolute atomic E-state index is 0.0439. The smallest absolute Gasteiger partial charge is 0.340 e. The highest BCUT2D eigenvalue weighted by Gasteiger charge is 2.26. The van der Waals surface area contributed by atoms with Crippen molar-refractivity contribution in [2.24, 2.45) is 0 Å². The lowest BCUT2D eigenvalue weighted by molar-refractivity contribution is 0.0601. The molecule has 0 saturated carbocycles. The van der Waals surface area contributed by atoms with Crippen molar-refractivity contribution in [1.29, 1.82) is 0 Å². The average Bonchev–Trinajstić information content (AvgIpc) is 2.58. The fourth-order valence-electron chi connectivity index (χ4n) is 2.26. The number of anilines is 1. The Labute approximate surface area is 151 Å². The highest BCUT2D eigenvalue weighted by Crippen LogP contribution is 2.25. The minimum Gasteiger partial charge on any atom is -0.465 e. The number of ether oxygens (including phenoxy) is 1. The zero-order chi connectivity index (χ0) is 18.6. The first-order valence-electron chi connectivity index (χ1n) is 7.18. The van der Waals surface area contributed by atoms with E-state index in [1.807, 2.05) is 0 Å². The summed E-state index contributed by atoms with van der Waals surface area (Å²) in [5.41, 5.74) is 0.313. The molecule has 0 heterocycles. The molecule has 2 aromatic rings. The molecule has 0 bridgehead atoms. The highest BCUT2D eigenvalue weighted by molar-refractivity contribution is 7.92. The summed E-state index contributed by atoms with van der Waals surface area (Å²) < 4.78 is 30.0. The van der Waals surface area contributed by atoms with Gasteiger partial charge in [-0.25, -0.2) is 13.2 Å². The Morgan fingerprint density at radius 2 is 1.60 bits per heavy atom. The van der Waals surface area contributed by atoms with E-state index in [0.717, 1.165) is 10.6 Å². The van der Waals surface area contributed by atoms with Gasteiger partial charge in [0.25, 0.3) is 0 Å². The van der Waals surface area contributed by atoms with Crippen molar-refractivity contribution in [3.8, 4) is 0 Å². The molecule has 8 heteroatoms. The number of sulfonamides is 1. The van der Waals surface area contributed by atoms with Crippen molar-refractivity contribution in [2.75, 3.05) is 24.2 Å². The number of para-hydroxylation sites is 1. The van der Waals surface area contributed by atoms with E-state index in [4.69, 9.17) is 11.6 Å². The topological polar surface area (TPSA) is 80.8 Å². The number of rotatable bonds is 6. The second kappa shape index (κ2) is 7.67. The van der Waals surface area contributed by atoms with Gasteiger partial charge in [-0.3, -0.25) is 9.10 Å². The Hall–Kier alpha value is -2.38. The minimum atomic E-state index is -3.84. The van der Waals surface area contributed by atoms with Gasteiger partial charge in [-0.1, -0.05) is 35.9 Å². The molecule has 0 aromatic heterocycles. The van der Waals surface area contributed by atoms with Crippen LogP contribution in [-0.4, -0.2) is 40.1 Å². The molecule has 0 fully saturated rings. The molecule has 0 amide bonds. The van der Waals surface area contributed by atoms with Gasteiger partial charge in [0.2, 0.25) is 10.0 Å². The van der Waals surface area contributed by atoms with Crippen LogP contribution in [0.1, 0.15) is 20.7 Å². The Kier molecular flexibility index (Phi) is 5.81. The van der Waals surface area contributed by atoms with Crippen LogP contribution in [0.25, 0.3) is 0 Å². The molecule has 0 aliphatic rings. The molecule has 132 valence electrons. The number of benzene rings is 2. The monoisotopic (exact) mass is 381 g/mol. The van der Waals surface area contributed by atoms with E-state index in [-0.39, 0.29) is 21.8 Å². The van der Waals surface area contributed by atoms with Crippen molar-refractivity contribution < 1.29 is 22.7 Å². The summed E-state index contributed by atoms with van der Waals surface area (Å²) in [6, 6.07) is 12.4. The lowest BCUT2D eigenvalue weighted by Crippen LogP contribution is -2.36. The van der Waals surface area contributed by atoms with E-state index < -0.39 is 28.3 Å². The van der Waals surface area contributed by atoms with Crippen LogP contribution in [-0.2, 0) is 14.8 Å². The number of halogens is 1. The summed E-state index contributed by atoms with van der Waals surface area (Å²) in [5, 5.41) is 0.224. The summed E-state index contributed by atoms with van der Waals surface area (Å²) in [6.07, 6.45) is 0.959. The fraction of sp³-hybridized carbons (Fsp3) is 0.176. The quantitative estimate of drug-likeness (QED) is 0.567. The molecule has 2 rings (SSSR count). The second-order valence-electron chi connectivity index (χ2n) is 5.18. The van der Waals surface area contributed by atoms with Gasteiger partial charge in [0.05, 0.1) is 36.2 Å². The molecule has 0 aliphatic heterocycles. The van der Waals surface area contributed by atoms with E-state index in [1.165, 1.54) is 25.3 Å². The predicted molar refractivity (Wildman–Crippen MR) is 95.8 cm³/mol. The van der Waals surface area contributed by atoms with E-state index >= 15 is 0 Å². The molecule has 0 radical (unpaired) electrons. The number of methoxy groups -OCH3 is 1. The zero-order valence-electron chi connectivity index (χ0n) is 13.6. The normalized spacial score (nSPS) is 11.0. The van der Waals surface area contributed by atoms with Crippen LogP contribution in [0.2, 0.25) is 5.02 Å². The first-order valence-corrected chi connectivity index (χ1v) is 9.41. The van der Waals surface area contributed by atoms with Gasteiger partial charge in [0.15, 0.2) is 5.78 Å². The molecule has 25 heavy (non-hydrogen) atoms. The van der Waals surface area contributed by atoms with E-state index in [1.54, 1.807) is 30.3 Å². The second-order valence-corrected chi connectivity index (χ2v) is 7.50. The third-order valence-electron chi connectivity index (χ3n) is 3.44. The predicted octanol–water partition coefficient (Wildman–Crippen LogP) is 2.78. The zero-order valence-corrected chi connectivity index (χ0v) is 15.2. The van der Waals surface area contributed by atoms with Gasteiger partial charge in [0, 0.05) is 5.56 Å². The van der Waals surface area contributed by atoms with E-state index in [0.29, 0.717) is 0 Å². The fourth-order valence-corrected chi connectivity index (χ4v) is 3.37. The summed E-state index contributed by atoms with van der Waals surface area (Å²) >= 11 is 6.00. The van der Waals surface area contributed by atoms with Gasteiger partial charge in [-0.2, -0.15) is 0 Å². The van der Waals surface area contributed by atoms with E-state index in [2.05, 4.69) is 4.74 Å². The van der Waals surface area contributed by atoms with Crippen molar-refractivity contribution >= 4 is 39.1 Å². The van der Waals surface area contributed by atoms with Crippen LogP contribution in [0.4, 0.5) is 5.69 Å². The van der Waals surface area contributed by atoms with Crippen LogP contribution in [0.5, 0.6) is 0 Å². The number of nitrogens with zero attached hydrogens (tertiary/aromatic N) is 1. The number of hydrogen-bond acceptors (Lipinski definition) is 5. The maximum absolute atomic E-state index is 12.5. The van der Waals surface area contributed by atoms with Crippen LogP contribution in [0, 0.1) is 0 Å². The number of Topliss-reactive ketones (excluding diaryl/α,β-unsaturated/α-hetero) is 1. The number of carbonyl (C=O) groups is 2. The molecule has 2 aromatic carbocycles. The first-order chi connectivity index (χ1) is 11.8. The van der Waals surface area contributed by atoms with Crippen molar-refractivity contribution in [3.63, 3.8) is 0 Å². The molecule has 0 atom stereocenters. The summed E-state index contributed by atoms with van der Waals surface area (Å²) in [5.74, 6) is -1.19. The van der Waals surface area contributed by atoms with Gasteiger partial charge in [-0.05, 0) is 24.3 Å². The van der Waals surface area contributed by atoms with Crippen LogP contribution < -0.4 is 4.31 Å². The number of ketones is 1. The largest absolute Gasteiger partial charge is 0.465 e. The summed E-state index contributed by atoms with van der Waals surface area (Å²) in [6.45, 7) is -0.490. The maximum Gasteiger partial charge on any atom is 0.340 e. The third-order valence-corrected chi connectivity index (χ3v) is 4.90. The van der Waals surface area contributed by atoms with Gasteiger partial charge >= 0.3 is 5.97 Å². The summed E-state index contributed by atoms with van der Waals surface area (Å²) in [7, 11) is -2.64. The standard InChI is InChI=1S/C17H16ClNO5S/c1-24-17(21)13-8-4-6-10-15(13)19(25(2,22)23)11-16(20)12-7-3-5-9-14(12)18/h3-10H,11H2,1-2H3. The van der Waals surface area contributed by atoms with Crippen LogP contribution in [0.3, 0.4) is 0 Å². The lowest BCUT2D eigenvalue weighted by atomic mass is 10.1. The van der Waals surface area contributed by atoms with Crippen molar-refractivity contribution in [1.82, 2.24) is 0 Å². The Bertz CT molecular complexity index is 911.